The minimum Gasteiger partial charge on any atom is -0.466 e. The van der Waals surface area contributed by atoms with Crippen LogP contribution in [0.3, 0.4) is 0 Å². The molecule has 0 unspecified atom stereocenters. The quantitative estimate of drug-likeness (QED) is 0.567. The molecule has 1 aliphatic rings. The van der Waals surface area contributed by atoms with E-state index in [0.717, 1.165) is 0 Å². The van der Waals surface area contributed by atoms with Crippen molar-refractivity contribution in [3.05, 3.63) is 12.2 Å². The first-order chi connectivity index (χ1) is 10.6. The van der Waals surface area contributed by atoms with Crippen LogP contribution in [0.1, 0.15) is 41.0 Å². The van der Waals surface area contributed by atoms with Gasteiger partial charge < -0.3 is 19.3 Å². The Morgan fingerprint density at radius 2 is 1.96 bits per heavy atom. The number of carbonyl (C=O) groups excluding carboxylic acids is 2. The summed E-state index contributed by atoms with van der Waals surface area (Å²) in [5.41, 5.74) is -0.411. The fraction of sp³-hybridized carbons (Fsp3) is 0.765. The molecular formula is C17H28O6. The molecule has 0 saturated carbocycles. The lowest BCUT2D eigenvalue weighted by Gasteiger charge is -2.29. The van der Waals surface area contributed by atoms with Gasteiger partial charge in [0.1, 0.15) is 6.10 Å². The van der Waals surface area contributed by atoms with Crippen molar-refractivity contribution in [2.24, 2.45) is 11.8 Å². The van der Waals surface area contributed by atoms with Crippen molar-refractivity contribution >= 4 is 11.9 Å². The molecule has 23 heavy (non-hydrogen) atoms. The van der Waals surface area contributed by atoms with Crippen LogP contribution in [0.2, 0.25) is 0 Å². The minimum absolute atomic E-state index is 0.0373. The molecule has 0 aromatic rings. The van der Waals surface area contributed by atoms with Crippen LogP contribution in [-0.4, -0.2) is 48.1 Å². The van der Waals surface area contributed by atoms with E-state index >= 15 is 0 Å². The summed E-state index contributed by atoms with van der Waals surface area (Å²) >= 11 is 0. The highest BCUT2D eigenvalue weighted by molar-refractivity contribution is 5.74. The zero-order valence-corrected chi connectivity index (χ0v) is 14.6. The van der Waals surface area contributed by atoms with Gasteiger partial charge in [0, 0.05) is 6.92 Å². The number of allylic oxidation sites excluding steroid dienone is 1. The third-order valence-corrected chi connectivity index (χ3v) is 3.52. The van der Waals surface area contributed by atoms with Crippen LogP contribution < -0.4 is 0 Å². The van der Waals surface area contributed by atoms with Crippen molar-refractivity contribution in [2.75, 3.05) is 13.2 Å². The second-order valence-corrected chi connectivity index (χ2v) is 6.70. The topological polar surface area (TPSA) is 82.1 Å². The van der Waals surface area contributed by atoms with Gasteiger partial charge in [-0.1, -0.05) is 6.08 Å². The van der Waals surface area contributed by atoms with E-state index < -0.39 is 23.6 Å². The second-order valence-electron chi connectivity index (χ2n) is 6.70. The molecule has 0 aromatic heterocycles. The van der Waals surface area contributed by atoms with Gasteiger partial charge in [-0.05, 0) is 46.1 Å². The van der Waals surface area contributed by atoms with Gasteiger partial charge in [-0.15, -0.1) is 0 Å². The molecule has 4 atom stereocenters. The van der Waals surface area contributed by atoms with Gasteiger partial charge in [-0.2, -0.15) is 0 Å². The van der Waals surface area contributed by atoms with E-state index in [2.05, 4.69) is 0 Å². The molecule has 0 saturated heterocycles. The van der Waals surface area contributed by atoms with Crippen LogP contribution in [0.5, 0.6) is 0 Å². The lowest BCUT2D eigenvalue weighted by atomic mass is 9.87. The number of rotatable bonds is 7. The molecule has 0 spiro atoms. The van der Waals surface area contributed by atoms with Gasteiger partial charge in [0.2, 0.25) is 0 Å². The summed E-state index contributed by atoms with van der Waals surface area (Å²) < 4.78 is 15.8. The van der Waals surface area contributed by atoms with Crippen molar-refractivity contribution in [1.29, 1.82) is 0 Å². The molecule has 0 radical (unpaired) electrons. The van der Waals surface area contributed by atoms with E-state index in [0.29, 0.717) is 6.42 Å². The molecule has 1 aliphatic carbocycles. The van der Waals surface area contributed by atoms with Crippen LogP contribution in [0.15, 0.2) is 12.2 Å². The maximum absolute atomic E-state index is 12.2. The molecule has 0 aromatic carbocycles. The second kappa shape index (κ2) is 8.45. The van der Waals surface area contributed by atoms with Crippen molar-refractivity contribution in [2.45, 2.75) is 58.8 Å². The van der Waals surface area contributed by atoms with Gasteiger partial charge in [-0.3, -0.25) is 9.59 Å². The Morgan fingerprint density at radius 1 is 1.30 bits per heavy atom. The molecule has 1 rings (SSSR count). The normalized spacial score (nSPS) is 23.4. The first kappa shape index (κ1) is 19.6. The molecule has 0 amide bonds. The summed E-state index contributed by atoms with van der Waals surface area (Å²) in [6, 6.07) is 0. The summed E-state index contributed by atoms with van der Waals surface area (Å²) in [6.45, 7) is 8.98. The molecule has 0 aliphatic heterocycles. The maximum atomic E-state index is 12.2. The first-order valence-corrected chi connectivity index (χ1v) is 7.98. The lowest BCUT2D eigenvalue weighted by molar-refractivity contribution is -0.158. The number of aliphatic hydroxyl groups excluding tert-OH is 1. The molecule has 132 valence electrons. The predicted molar refractivity (Wildman–Crippen MR) is 84.6 cm³/mol. The zero-order chi connectivity index (χ0) is 17.6. The van der Waals surface area contributed by atoms with E-state index in [-0.39, 0.29) is 31.2 Å². The van der Waals surface area contributed by atoms with E-state index in [1.807, 2.05) is 20.8 Å². The van der Waals surface area contributed by atoms with Crippen molar-refractivity contribution in [1.82, 2.24) is 0 Å². The van der Waals surface area contributed by atoms with Crippen LogP contribution in [-0.2, 0) is 23.8 Å². The Hall–Kier alpha value is -1.40. The first-order valence-electron chi connectivity index (χ1n) is 7.98. The number of hydrogen-bond donors (Lipinski definition) is 1. The van der Waals surface area contributed by atoms with Crippen LogP contribution >= 0.6 is 0 Å². The summed E-state index contributed by atoms with van der Waals surface area (Å²) in [7, 11) is 0. The Morgan fingerprint density at radius 3 is 2.48 bits per heavy atom. The zero-order valence-electron chi connectivity index (χ0n) is 14.6. The Balaban J connectivity index is 2.75. The summed E-state index contributed by atoms with van der Waals surface area (Å²) in [5, 5.41) is 10.4. The van der Waals surface area contributed by atoms with Crippen molar-refractivity contribution in [3.8, 4) is 0 Å². The largest absolute Gasteiger partial charge is 0.466 e. The number of aliphatic hydroxyl groups is 1. The van der Waals surface area contributed by atoms with Crippen LogP contribution in [0.4, 0.5) is 0 Å². The summed E-state index contributed by atoms with van der Waals surface area (Å²) in [4.78, 5) is 23.3. The predicted octanol–water partition coefficient (Wildman–Crippen LogP) is 1.85. The Bertz CT molecular complexity index is 437. The molecule has 0 bridgehead atoms. The highest BCUT2D eigenvalue weighted by Gasteiger charge is 2.39. The average Bonchev–Trinajstić information content (AvgIpc) is 2.83. The molecule has 1 N–H and O–H groups in total. The van der Waals surface area contributed by atoms with Gasteiger partial charge in [-0.25, -0.2) is 0 Å². The number of ether oxygens (including phenoxy) is 3. The Labute approximate surface area is 137 Å². The van der Waals surface area contributed by atoms with E-state index in [1.165, 1.54) is 6.92 Å². The summed E-state index contributed by atoms with van der Waals surface area (Å²) in [5.74, 6) is -1.83. The van der Waals surface area contributed by atoms with E-state index in [1.54, 1.807) is 19.1 Å². The standard InChI is InChI=1S/C17H28O6/c1-6-21-16(20)15(14(19)10-22-17(3,4)5)12-7-8-13(9-12)23-11(2)18/h7-8,12-15,19H,6,9-10H2,1-5H3/t12-,13+,14-,15-/m1/s1. The minimum atomic E-state index is -0.987. The van der Waals surface area contributed by atoms with Crippen molar-refractivity contribution < 1.29 is 28.9 Å². The maximum Gasteiger partial charge on any atom is 0.312 e. The third-order valence-electron chi connectivity index (χ3n) is 3.52. The van der Waals surface area contributed by atoms with Crippen molar-refractivity contribution in [3.63, 3.8) is 0 Å². The average molecular weight is 328 g/mol. The highest BCUT2D eigenvalue weighted by atomic mass is 16.5. The number of esters is 2. The fourth-order valence-electron chi connectivity index (χ4n) is 2.55. The molecular weight excluding hydrogens is 300 g/mol. The van der Waals surface area contributed by atoms with E-state index in [4.69, 9.17) is 14.2 Å². The van der Waals surface area contributed by atoms with Gasteiger partial charge in [0.15, 0.2) is 0 Å². The van der Waals surface area contributed by atoms with E-state index in [9.17, 15) is 14.7 Å². The SMILES string of the molecule is CCOC(=O)[C@@H]([C@H](O)COC(C)(C)C)[C@@H]1C=C[C@H](OC(C)=O)C1. The van der Waals surface area contributed by atoms with Crippen LogP contribution in [0.25, 0.3) is 0 Å². The highest BCUT2D eigenvalue weighted by Crippen LogP contribution is 2.31. The summed E-state index contributed by atoms with van der Waals surface area (Å²) in [6.07, 6.45) is 2.64. The number of carbonyl (C=O) groups is 2. The van der Waals surface area contributed by atoms with Gasteiger partial charge in [0.05, 0.1) is 30.8 Å². The van der Waals surface area contributed by atoms with Gasteiger partial charge >= 0.3 is 11.9 Å². The molecule has 6 nitrogen and oxygen atoms in total. The monoisotopic (exact) mass is 328 g/mol. The fourth-order valence-corrected chi connectivity index (χ4v) is 2.55. The molecule has 0 heterocycles. The van der Waals surface area contributed by atoms with Gasteiger partial charge in [0.25, 0.3) is 0 Å². The number of hydrogen-bond acceptors (Lipinski definition) is 6. The lowest BCUT2D eigenvalue weighted by Crippen LogP contribution is -2.40. The third kappa shape index (κ3) is 6.71. The smallest absolute Gasteiger partial charge is 0.312 e. The van der Waals surface area contributed by atoms with Crippen LogP contribution in [0, 0.1) is 11.8 Å². The Kier molecular flexibility index (Phi) is 7.22. The molecule has 6 heteroatoms. The molecule has 0 fully saturated rings.